The zero-order chi connectivity index (χ0) is 16.0. The van der Waals surface area contributed by atoms with Crippen LogP contribution in [0.3, 0.4) is 0 Å². The van der Waals surface area contributed by atoms with Crippen molar-refractivity contribution < 1.29 is 14.3 Å². The second kappa shape index (κ2) is 5.95. The number of fused-ring (bicyclic) bond motifs is 1. The van der Waals surface area contributed by atoms with Crippen molar-refractivity contribution in [2.75, 3.05) is 7.11 Å². The van der Waals surface area contributed by atoms with Crippen LogP contribution in [0.25, 0.3) is 0 Å². The third kappa shape index (κ3) is 2.92. The number of rotatable bonds is 4. The molecule has 3 atom stereocenters. The second-order valence-electron chi connectivity index (χ2n) is 7.82. The zero-order valence-electron chi connectivity index (χ0n) is 14.0. The maximum Gasteiger partial charge on any atom is 0.328 e. The summed E-state index contributed by atoms with van der Waals surface area (Å²) in [5.74, 6) is 1.61. The van der Waals surface area contributed by atoms with Crippen molar-refractivity contribution in [1.82, 2.24) is 4.90 Å². The molecule has 1 saturated heterocycles. The van der Waals surface area contributed by atoms with E-state index in [0.717, 1.165) is 19.3 Å². The predicted octanol–water partition coefficient (Wildman–Crippen LogP) is 3.07. The molecule has 4 nitrogen and oxygen atoms in total. The molecule has 4 heteroatoms. The number of esters is 1. The van der Waals surface area contributed by atoms with Crippen molar-refractivity contribution in [3.8, 4) is 0 Å². The van der Waals surface area contributed by atoms with Gasteiger partial charge in [-0.2, -0.15) is 0 Å². The van der Waals surface area contributed by atoms with Crippen LogP contribution in [-0.2, 0) is 14.3 Å². The van der Waals surface area contributed by atoms with Gasteiger partial charge in [-0.25, -0.2) is 4.79 Å². The summed E-state index contributed by atoms with van der Waals surface area (Å²) in [6.45, 7) is 0. The molecule has 0 aromatic heterocycles. The average Bonchev–Trinajstić information content (AvgIpc) is 3.47. The van der Waals surface area contributed by atoms with Gasteiger partial charge in [0.2, 0.25) is 5.91 Å². The van der Waals surface area contributed by atoms with E-state index >= 15 is 0 Å². The van der Waals surface area contributed by atoms with Crippen LogP contribution in [0.1, 0.15) is 57.8 Å². The molecule has 4 rings (SSSR count). The van der Waals surface area contributed by atoms with Gasteiger partial charge in [-0.15, -0.1) is 0 Å². The van der Waals surface area contributed by atoms with Gasteiger partial charge >= 0.3 is 5.97 Å². The molecule has 0 spiro atoms. The van der Waals surface area contributed by atoms with Gasteiger partial charge in [-0.1, -0.05) is 18.4 Å². The zero-order valence-corrected chi connectivity index (χ0v) is 14.0. The van der Waals surface area contributed by atoms with Gasteiger partial charge in [-0.3, -0.25) is 4.79 Å². The lowest BCUT2D eigenvalue weighted by atomic mass is 9.84. The van der Waals surface area contributed by atoms with Gasteiger partial charge in [0.1, 0.15) is 6.04 Å². The Balaban J connectivity index is 1.58. The number of amides is 1. The molecule has 0 N–H and O–H groups in total. The van der Waals surface area contributed by atoms with Crippen molar-refractivity contribution in [3.63, 3.8) is 0 Å². The van der Waals surface area contributed by atoms with Crippen LogP contribution in [0, 0.1) is 17.8 Å². The van der Waals surface area contributed by atoms with Crippen LogP contribution in [0.2, 0.25) is 0 Å². The topological polar surface area (TPSA) is 46.6 Å². The van der Waals surface area contributed by atoms with E-state index in [2.05, 4.69) is 0 Å². The van der Waals surface area contributed by atoms with E-state index < -0.39 is 0 Å². The maximum absolute atomic E-state index is 13.0. The number of nitrogens with zero attached hydrogens (tertiary/aromatic N) is 1. The SMILES string of the molecule is COC(=O)C1CC2CCCCC2N1C(=O)C=C(C1CC1)C1CC1. The van der Waals surface area contributed by atoms with Crippen LogP contribution in [0.5, 0.6) is 0 Å². The molecule has 126 valence electrons. The molecule has 4 aliphatic rings. The Labute approximate surface area is 138 Å². The summed E-state index contributed by atoms with van der Waals surface area (Å²) >= 11 is 0. The van der Waals surface area contributed by atoms with Crippen molar-refractivity contribution in [1.29, 1.82) is 0 Å². The molecule has 0 aromatic carbocycles. The van der Waals surface area contributed by atoms with Crippen molar-refractivity contribution in [3.05, 3.63) is 11.6 Å². The third-order valence-electron chi connectivity index (χ3n) is 6.20. The predicted molar refractivity (Wildman–Crippen MR) is 86.5 cm³/mol. The Morgan fingerprint density at radius 2 is 1.65 bits per heavy atom. The van der Waals surface area contributed by atoms with Gasteiger partial charge < -0.3 is 9.64 Å². The Morgan fingerprint density at radius 1 is 1.00 bits per heavy atom. The van der Waals surface area contributed by atoms with Gasteiger partial charge in [0.05, 0.1) is 7.11 Å². The highest BCUT2D eigenvalue weighted by Crippen LogP contribution is 2.49. The Kier molecular flexibility index (Phi) is 3.94. The minimum Gasteiger partial charge on any atom is -0.467 e. The summed E-state index contributed by atoms with van der Waals surface area (Å²) in [7, 11) is 1.43. The van der Waals surface area contributed by atoms with E-state index in [4.69, 9.17) is 4.74 Å². The first-order valence-electron chi connectivity index (χ1n) is 9.30. The lowest BCUT2D eigenvalue weighted by Crippen LogP contribution is -2.46. The van der Waals surface area contributed by atoms with E-state index in [9.17, 15) is 9.59 Å². The Bertz CT molecular complexity index is 519. The molecule has 3 aliphatic carbocycles. The van der Waals surface area contributed by atoms with Crippen LogP contribution in [0.15, 0.2) is 11.6 Å². The standard InChI is InChI=1S/C19H27NO3/c1-23-19(22)17-10-14-4-2-3-5-16(14)20(17)18(21)11-15(12-6-7-12)13-8-9-13/h11-14,16-17H,2-10H2,1H3. The van der Waals surface area contributed by atoms with Crippen molar-refractivity contribution in [2.24, 2.45) is 17.8 Å². The third-order valence-corrected chi connectivity index (χ3v) is 6.20. The largest absolute Gasteiger partial charge is 0.467 e. The molecule has 4 fully saturated rings. The van der Waals surface area contributed by atoms with E-state index in [1.54, 1.807) is 0 Å². The molecule has 1 aliphatic heterocycles. The van der Waals surface area contributed by atoms with Crippen LogP contribution < -0.4 is 0 Å². The fraction of sp³-hybridized carbons (Fsp3) is 0.789. The van der Waals surface area contributed by atoms with E-state index in [1.807, 2.05) is 11.0 Å². The summed E-state index contributed by atoms with van der Waals surface area (Å²) in [4.78, 5) is 27.2. The van der Waals surface area contributed by atoms with Gasteiger partial charge in [0.15, 0.2) is 0 Å². The summed E-state index contributed by atoms with van der Waals surface area (Å²) in [6.07, 6.45) is 12.2. The summed E-state index contributed by atoms with van der Waals surface area (Å²) in [5.41, 5.74) is 1.37. The minimum absolute atomic E-state index is 0.0728. The number of hydrogen-bond donors (Lipinski definition) is 0. The lowest BCUT2D eigenvalue weighted by molar-refractivity contribution is -0.150. The monoisotopic (exact) mass is 317 g/mol. The summed E-state index contributed by atoms with van der Waals surface area (Å²) in [5, 5.41) is 0. The molecule has 23 heavy (non-hydrogen) atoms. The maximum atomic E-state index is 13.0. The Morgan fingerprint density at radius 3 is 2.26 bits per heavy atom. The smallest absolute Gasteiger partial charge is 0.328 e. The number of hydrogen-bond acceptors (Lipinski definition) is 3. The average molecular weight is 317 g/mol. The highest BCUT2D eigenvalue weighted by molar-refractivity contribution is 5.93. The number of carbonyl (C=O) groups is 2. The lowest BCUT2D eigenvalue weighted by Gasteiger charge is -2.32. The highest BCUT2D eigenvalue weighted by atomic mass is 16.5. The van der Waals surface area contributed by atoms with Gasteiger partial charge in [0.25, 0.3) is 0 Å². The minimum atomic E-state index is -0.364. The van der Waals surface area contributed by atoms with Gasteiger partial charge in [-0.05, 0) is 62.7 Å². The molecule has 1 amide bonds. The van der Waals surface area contributed by atoms with Crippen molar-refractivity contribution >= 4 is 11.9 Å². The van der Waals surface area contributed by atoms with Crippen LogP contribution >= 0.6 is 0 Å². The highest BCUT2D eigenvalue weighted by Gasteiger charge is 2.48. The molecular formula is C19H27NO3. The molecule has 0 radical (unpaired) electrons. The number of likely N-dealkylation sites (tertiary alicyclic amines) is 1. The fourth-order valence-electron chi connectivity index (χ4n) is 4.74. The van der Waals surface area contributed by atoms with E-state index in [-0.39, 0.29) is 24.0 Å². The first-order valence-corrected chi connectivity index (χ1v) is 9.30. The molecule has 0 bridgehead atoms. The number of allylic oxidation sites excluding steroid dienone is 1. The van der Waals surface area contributed by atoms with Crippen LogP contribution in [0.4, 0.5) is 0 Å². The number of methoxy groups -OCH3 is 1. The first kappa shape index (κ1) is 15.2. The normalized spacial score (nSPS) is 33.1. The van der Waals surface area contributed by atoms with E-state index in [0.29, 0.717) is 17.8 Å². The molecular weight excluding hydrogens is 290 g/mol. The van der Waals surface area contributed by atoms with E-state index in [1.165, 1.54) is 51.2 Å². The van der Waals surface area contributed by atoms with Gasteiger partial charge in [0, 0.05) is 12.1 Å². The number of carbonyl (C=O) groups excluding carboxylic acids is 2. The number of ether oxygens (including phenoxy) is 1. The summed E-state index contributed by atoms with van der Waals surface area (Å²) < 4.78 is 4.99. The molecule has 3 saturated carbocycles. The second-order valence-corrected chi connectivity index (χ2v) is 7.82. The van der Waals surface area contributed by atoms with Crippen LogP contribution in [-0.4, -0.2) is 36.0 Å². The molecule has 3 unspecified atom stereocenters. The Hall–Kier alpha value is -1.32. The molecule has 0 aromatic rings. The first-order chi connectivity index (χ1) is 11.2. The molecule has 1 heterocycles. The van der Waals surface area contributed by atoms with Crippen molar-refractivity contribution in [2.45, 2.75) is 69.9 Å². The summed E-state index contributed by atoms with van der Waals surface area (Å²) in [6, 6.07) is -0.118. The quantitative estimate of drug-likeness (QED) is 0.591. The fourth-order valence-corrected chi connectivity index (χ4v) is 4.74.